The molecule has 0 nitrogen and oxygen atoms in total. The lowest BCUT2D eigenvalue weighted by Crippen LogP contribution is -1.85. The summed E-state index contributed by atoms with van der Waals surface area (Å²) in [6.07, 6.45) is 0. The smallest absolute Gasteiger partial charge is 0.0434 e. The molecule has 9 aromatic rings. The quantitative estimate of drug-likeness (QED) is 0.190. The van der Waals surface area contributed by atoms with Crippen LogP contribution in [0.4, 0.5) is 0 Å². The largest absolute Gasteiger partial charge is 0.135 e. The summed E-state index contributed by atoms with van der Waals surface area (Å²) < 4.78 is 5.36. The van der Waals surface area contributed by atoms with Crippen LogP contribution in [0.5, 0.6) is 0 Å². The highest BCUT2D eigenvalue weighted by atomic mass is 32.1. The van der Waals surface area contributed by atoms with E-state index in [-0.39, 0.29) is 0 Å². The first-order valence-corrected chi connectivity index (χ1v) is 16.6. The molecular formula is C42H26S2. The second kappa shape index (κ2) is 10.3. The highest BCUT2D eigenvalue weighted by Gasteiger charge is 2.15. The van der Waals surface area contributed by atoms with Crippen LogP contribution in [0.2, 0.25) is 0 Å². The Balaban J connectivity index is 1.20. The zero-order chi connectivity index (χ0) is 29.0. The molecule has 2 heterocycles. The molecule has 0 atom stereocenters. The molecule has 0 saturated heterocycles. The molecule has 0 fully saturated rings. The third kappa shape index (κ3) is 4.26. The van der Waals surface area contributed by atoms with Gasteiger partial charge in [-0.05, 0) is 81.4 Å². The molecule has 44 heavy (non-hydrogen) atoms. The van der Waals surface area contributed by atoms with E-state index in [0.29, 0.717) is 0 Å². The van der Waals surface area contributed by atoms with Crippen LogP contribution in [0.1, 0.15) is 0 Å². The van der Waals surface area contributed by atoms with E-state index in [1.165, 1.54) is 84.9 Å². The molecule has 2 heteroatoms. The summed E-state index contributed by atoms with van der Waals surface area (Å²) >= 11 is 3.77. The second-order valence-corrected chi connectivity index (χ2v) is 13.5. The fraction of sp³-hybridized carbons (Fsp3) is 0. The van der Waals surface area contributed by atoms with Crippen molar-refractivity contribution < 1.29 is 0 Å². The van der Waals surface area contributed by atoms with Crippen molar-refractivity contribution in [3.05, 3.63) is 158 Å². The maximum Gasteiger partial charge on any atom is 0.0434 e. The SMILES string of the molecule is c1ccc(-c2ccc(-c3cccc(-c4cc(-c5ccc6sc7ccccc7c6c5)c5sc6ccccc6c5c4)c3)cc2)cc1. The summed E-state index contributed by atoms with van der Waals surface area (Å²) in [6.45, 7) is 0. The second-order valence-electron chi connectivity index (χ2n) is 11.3. The van der Waals surface area contributed by atoms with E-state index in [4.69, 9.17) is 0 Å². The van der Waals surface area contributed by atoms with Crippen LogP contribution in [0.3, 0.4) is 0 Å². The molecule has 206 valence electrons. The molecular weight excluding hydrogens is 569 g/mol. The topological polar surface area (TPSA) is 0 Å². The Kier molecular flexibility index (Phi) is 5.97. The summed E-state index contributed by atoms with van der Waals surface area (Å²) in [4.78, 5) is 0. The van der Waals surface area contributed by atoms with Gasteiger partial charge in [-0.25, -0.2) is 0 Å². The molecule has 0 N–H and O–H groups in total. The van der Waals surface area contributed by atoms with E-state index in [1.54, 1.807) is 0 Å². The third-order valence-electron chi connectivity index (χ3n) is 8.69. The molecule has 9 rings (SSSR count). The minimum atomic E-state index is 1.23. The monoisotopic (exact) mass is 594 g/mol. The molecule has 0 aliphatic rings. The maximum absolute atomic E-state index is 2.41. The van der Waals surface area contributed by atoms with E-state index >= 15 is 0 Å². The van der Waals surface area contributed by atoms with Gasteiger partial charge >= 0.3 is 0 Å². The third-order valence-corrected chi connectivity index (χ3v) is 11.1. The fourth-order valence-corrected chi connectivity index (χ4v) is 8.77. The van der Waals surface area contributed by atoms with Gasteiger partial charge in [-0.2, -0.15) is 0 Å². The van der Waals surface area contributed by atoms with Gasteiger partial charge in [0.15, 0.2) is 0 Å². The Morgan fingerprint density at radius 2 is 0.795 bits per heavy atom. The van der Waals surface area contributed by atoms with Crippen molar-refractivity contribution in [1.82, 2.24) is 0 Å². The normalized spacial score (nSPS) is 11.6. The average Bonchev–Trinajstić information content (AvgIpc) is 3.66. The first-order chi connectivity index (χ1) is 21.8. The lowest BCUT2D eigenvalue weighted by molar-refractivity contribution is 1.58. The van der Waals surface area contributed by atoms with Crippen LogP contribution < -0.4 is 0 Å². The van der Waals surface area contributed by atoms with E-state index in [9.17, 15) is 0 Å². The van der Waals surface area contributed by atoms with Crippen LogP contribution >= 0.6 is 22.7 Å². The molecule has 0 aliphatic carbocycles. The predicted molar refractivity (Wildman–Crippen MR) is 194 cm³/mol. The van der Waals surface area contributed by atoms with Gasteiger partial charge in [-0.1, -0.05) is 115 Å². The maximum atomic E-state index is 2.41. The summed E-state index contributed by atoms with van der Waals surface area (Å²) in [6, 6.07) is 57.9. The molecule has 0 unspecified atom stereocenters. The number of rotatable bonds is 4. The van der Waals surface area contributed by atoms with Crippen LogP contribution in [-0.2, 0) is 0 Å². The molecule has 2 aromatic heterocycles. The van der Waals surface area contributed by atoms with Gasteiger partial charge in [-0.3, -0.25) is 0 Å². The highest BCUT2D eigenvalue weighted by Crippen LogP contribution is 2.44. The van der Waals surface area contributed by atoms with Crippen molar-refractivity contribution in [3.8, 4) is 44.5 Å². The van der Waals surface area contributed by atoms with Crippen LogP contribution in [0, 0.1) is 0 Å². The average molecular weight is 595 g/mol. The molecule has 7 aromatic carbocycles. The van der Waals surface area contributed by atoms with Crippen LogP contribution in [-0.4, -0.2) is 0 Å². The fourth-order valence-electron chi connectivity index (χ4n) is 6.47. The summed E-state index contributed by atoms with van der Waals surface area (Å²) in [7, 11) is 0. The van der Waals surface area contributed by atoms with Crippen molar-refractivity contribution in [2.75, 3.05) is 0 Å². The summed E-state index contributed by atoms with van der Waals surface area (Å²) in [5.74, 6) is 0. The number of hydrogen-bond donors (Lipinski definition) is 0. The summed E-state index contributed by atoms with van der Waals surface area (Å²) in [5, 5.41) is 5.32. The number of hydrogen-bond acceptors (Lipinski definition) is 2. The van der Waals surface area contributed by atoms with Crippen molar-refractivity contribution in [2.45, 2.75) is 0 Å². The van der Waals surface area contributed by atoms with Crippen LogP contribution in [0.15, 0.2) is 158 Å². The molecule has 0 bridgehead atoms. The van der Waals surface area contributed by atoms with Crippen molar-refractivity contribution in [3.63, 3.8) is 0 Å². The Hall–Kier alpha value is -5.02. The molecule has 0 radical (unpaired) electrons. The van der Waals surface area contributed by atoms with E-state index < -0.39 is 0 Å². The van der Waals surface area contributed by atoms with Crippen LogP contribution in [0.25, 0.3) is 84.9 Å². The Labute approximate surface area is 264 Å². The number of fused-ring (bicyclic) bond motifs is 6. The standard InChI is InChI=1S/C42H26S2/c1-2-9-27(10-3-1)28-17-19-29(20-18-28)30-11-8-12-31(23-30)33-25-36(42-38(26-33)35-14-5-7-16-40(35)44-42)32-21-22-41-37(24-32)34-13-4-6-15-39(34)43-41/h1-26H. The number of benzene rings is 7. The van der Waals surface area contributed by atoms with Gasteiger partial charge < -0.3 is 0 Å². The Morgan fingerprint density at radius 1 is 0.273 bits per heavy atom. The zero-order valence-electron chi connectivity index (χ0n) is 23.8. The minimum absolute atomic E-state index is 1.23. The van der Waals surface area contributed by atoms with Crippen molar-refractivity contribution in [1.29, 1.82) is 0 Å². The summed E-state index contributed by atoms with van der Waals surface area (Å²) in [5.41, 5.74) is 9.98. The van der Waals surface area contributed by atoms with Gasteiger partial charge in [-0.15, -0.1) is 22.7 Å². The van der Waals surface area contributed by atoms with Gasteiger partial charge in [0.1, 0.15) is 0 Å². The predicted octanol–water partition coefficient (Wildman–Crippen LogP) is 13.1. The molecule has 0 spiro atoms. The van der Waals surface area contributed by atoms with Crippen molar-refractivity contribution >= 4 is 63.0 Å². The van der Waals surface area contributed by atoms with Gasteiger partial charge in [0.25, 0.3) is 0 Å². The van der Waals surface area contributed by atoms with Crippen molar-refractivity contribution in [2.24, 2.45) is 0 Å². The Morgan fingerprint density at radius 3 is 1.57 bits per heavy atom. The zero-order valence-corrected chi connectivity index (χ0v) is 25.5. The van der Waals surface area contributed by atoms with Gasteiger partial charge in [0, 0.05) is 45.9 Å². The lowest BCUT2D eigenvalue weighted by atomic mass is 9.93. The van der Waals surface area contributed by atoms with E-state index in [1.807, 2.05) is 22.7 Å². The first-order valence-electron chi connectivity index (χ1n) is 14.9. The van der Waals surface area contributed by atoms with Gasteiger partial charge in [0.2, 0.25) is 0 Å². The highest BCUT2D eigenvalue weighted by molar-refractivity contribution is 7.26. The van der Waals surface area contributed by atoms with Gasteiger partial charge in [0.05, 0.1) is 0 Å². The molecule has 0 aliphatic heterocycles. The minimum Gasteiger partial charge on any atom is -0.135 e. The van der Waals surface area contributed by atoms with E-state index in [0.717, 1.165) is 0 Å². The van der Waals surface area contributed by atoms with E-state index in [2.05, 4.69) is 158 Å². The molecule has 0 saturated carbocycles. The Bertz CT molecular complexity index is 2480. The number of thiophene rings is 2. The molecule has 0 amide bonds. The first kappa shape index (κ1) is 25.5. The lowest BCUT2D eigenvalue weighted by Gasteiger charge is -2.11.